The Balaban J connectivity index is 2.13. The van der Waals surface area contributed by atoms with Gasteiger partial charge in [-0.05, 0) is 63.9 Å². The van der Waals surface area contributed by atoms with Crippen molar-refractivity contribution in [3.8, 4) is 5.69 Å². The van der Waals surface area contributed by atoms with E-state index >= 15 is 0 Å². The topological polar surface area (TPSA) is 29.9 Å². The minimum atomic E-state index is -0.237. The summed E-state index contributed by atoms with van der Waals surface area (Å²) in [5.41, 5.74) is 3.78. The maximum atomic E-state index is 13.9. The van der Waals surface area contributed by atoms with E-state index in [1.165, 1.54) is 11.6 Å². The van der Waals surface area contributed by atoms with Crippen LogP contribution in [-0.4, -0.2) is 22.9 Å². The monoisotopic (exact) mass is 289 g/mol. The second-order valence-electron chi connectivity index (χ2n) is 5.37. The van der Waals surface area contributed by atoms with Gasteiger partial charge in [0.1, 0.15) is 11.5 Å². The lowest BCUT2D eigenvalue weighted by molar-refractivity contribution is 0.607. The molecule has 0 aliphatic rings. The van der Waals surface area contributed by atoms with Crippen molar-refractivity contribution in [2.24, 2.45) is 0 Å². The van der Waals surface area contributed by atoms with Crippen molar-refractivity contribution in [3.63, 3.8) is 0 Å². The first kappa shape index (κ1) is 15.7. The summed E-state index contributed by atoms with van der Waals surface area (Å²) in [4.78, 5) is 0. The van der Waals surface area contributed by atoms with Crippen molar-refractivity contribution in [3.05, 3.63) is 47.0 Å². The lowest BCUT2D eigenvalue weighted by Crippen LogP contribution is -2.16. The summed E-state index contributed by atoms with van der Waals surface area (Å²) in [6.45, 7) is 8.25. The first-order valence-corrected chi connectivity index (χ1v) is 7.65. The van der Waals surface area contributed by atoms with Crippen molar-refractivity contribution in [2.75, 3.05) is 13.1 Å². The molecule has 1 heterocycles. The lowest BCUT2D eigenvalue weighted by Gasteiger charge is -2.07. The van der Waals surface area contributed by atoms with E-state index in [9.17, 15) is 4.39 Å². The maximum absolute atomic E-state index is 13.9. The zero-order valence-electron chi connectivity index (χ0n) is 13.1. The summed E-state index contributed by atoms with van der Waals surface area (Å²) in [6.07, 6.45) is 3.21. The quantitative estimate of drug-likeness (QED) is 0.790. The Kier molecular flexibility index (Phi) is 5.51. The Morgan fingerprint density at radius 3 is 2.67 bits per heavy atom. The van der Waals surface area contributed by atoms with Crippen LogP contribution >= 0.6 is 0 Å². The molecule has 0 atom stereocenters. The predicted octanol–water partition coefficient (Wildman–Crippen LogP) is 3.56. The smallest absolute Gasteiger partial charge is 0.148 e. The molecule has 114 valence electrons. The van der Waals surface area contributed by atoms with Crippen LogP contribution in [0.5, 0.6) is 0 Å². The van der Waals surface area contributed by atoms with Crippen LogP contribution in [0, 0.1) is 19.7 Å². The average Bonchev–Trinajstić information content (AvgIpc) is 2.75. The Morgan fingerprint density at radius 2 is 1.95 bits per heavy atom. The molecule has 0 bridgehead atoms. The van der Waals surface area contributed by atoms with Crippen molar-refractivity contribution in [1.82, 2.24) is 15.1 Å². The molecule has 0 saturated carbocycles. The average molecular weight is 289 g/mol. The van der Waals surface area contributed by atoms with Gasteiger partial charge in [0.25, 0.3) is 0 Å². The summed E-state index contributed by atoms with van der Waals surface area (Å²) >= 11 is 0. The molecule has 3 nitrogen and oxygen atoms in total. The van der Waals surface area contributed by atoms with Crippen LogP contribution in [0.4, 0.5) is 4.39 Å². The number of hydrogen-bond acceptors (Lipinski definition) is 2. The van der Waals surface area contributed by atoms with Crippen LogP contribution in [0.15, 0.2) is 24.3 Å². The summed E-state index contributed by atoms with van der Waals surface area (Å²) in [5.74, 6) is -0.237. The molecule has 2 aromatic rings. The number of aryl methyl sites for hydroxylation is 1. The van der Waals surface area contributed by atoms with E-state index in [1.54, 1.807) is 16.8 Å². The van der Waals surface area contributed by atoms with Gasteiger partial charge in [-0.25, -0.2) is 9.07 Å². The van der Waals surface area contributed by atoms with Crippen LogP contribution in [0.3, 0.4) is 0 Å². The largest absolute Gasteiger partial charge is 0.317 e. The minimum absolute atomic E-state index is 0.237. The fourth-order valence-corrected chi connectivity index (χ4v) is 2.59. The highest BCUT2D eigenvalue weighted by molar-refractivity contribution is 5.38. The van der Waals surface area contributed by atoms with E-state index in [-0.39, 0.29) is 5.82 Å². The van der Waals surface area contributed by atoms with E-state index in [2.05, 4.69) is 17.3 Å². The fraction of sp³-hybridized carbons (Fsp3) is 0.471. The number of nitrogens with zero attached hydrogens (tertiary/aromatic N) is 2. The third kappa shape index (κ3) is 3.70. The molecule has 1 aromatic heterocycles. The fourth-order valence-electron chi connectivity index (χ4n) is 2.59. The molecule has 0 aliphatic heterocycles. The van der Waals surface area contributed by atoms with E-state index < -0.39 is 0 Å². The van der Waals surface area contributed by atoms with Gasteiger partial charge in [0.05, 0.1) is 5.69 Å². The van der Waals surface area contributed by atoms with Crippen molar-refractivity contribution in [1.29, 1.82) is 0 Å². The van der Waals surface area contributed by atoms with E-state index in [0.717, 1.165) is 43.7 Å². The predicted molar refractivity (Wildman–Crippen MR) is 84.5 cm³/mol. The van der Waals surface area contributed by atoms with Gasteiger partial charge in [0, 0.05) is 5.69 Å². The number of rotatable bonds is 7. The first-order valence-electron chi connectivity index (χ1n) is 7.65. The molecule has 4 heteroatoms. The number of benzene rings is 1. The summed E-state index contributed by atoms with van der Waals surface area (Å²) in [7, 11) is 0. The van der Waals surface area contributed by atoms with Crippen molar-refractivity contribution in [2.45, 2.75) is 40.0 Å². The molecule has 0 fully saturated rings. The number of hydrogen-bond donors (Lipinski definition) is 1. The van der Waals surface area contributed by atoms with Crippen LogP contribution in [-0.2, 0) is 6.42 Å². The van der Waals surface area contributed by atoms with Crippen molar-refractivity contribution < 1.29 is 4.39 Å². The maximum Gasteiger partial charge on any atom is 0.148 e. The van der Waals surface area contributed by atoms with Gasteiger partial charge in [-0.15, -0.1) is 0 Å². The van der Waals surface area contributed by atoms with Gasteiger partial charge in [0.2, 0.25) is 0 Å². The molecule has 0 unspecified atom stereocenters. The Bertz CT molecular complexity index is 590. The Morgan fingerprint density at radius 1 is 1.19 bits per heavy atom. The van der Waals surface area contributed by atoms with Crippen molar-refractivity contribution >= 4 is 0 Å². The number of nitrogens with one attached hydrogen (secondary N) is 1. The molecule has 0 radical (unpaired) electrons. The Labute approximate surface area is 126 Å². The van der Waals surface area contributed by atoms with Gasteiger partial charge < -0.3 is 5.32 Å². The molecule has 0 saturated heterocycles. The number of para-hydroxylation sites is 1. The van der Waals surface area contributed by atoms with Crippen LogP contribution in [0.1, 0.15) is 36.7 Å². The first-order chi connectivity index (χ1) is 10.1. The molecule has 0 amide bonds. The highest BCUT2D eigenvalue weighted by atomic mass is 19.1. The van der Waals surface area contributed by atoms with E-state index in [4.69, 9.17) is 0 Å². The van der Waals surface area contributed by atoms with Gasteiger partial charge in [-0.1, -0.05) is 19.1 Å². The molecular formula is C17H24FN3. The highest BCUT2D eigenvalue weighted by Gasteiger charge is 2.14. The molecular weight excluding hydrogens is 265 g/mol. The third-order valence-electron chi connectivity index (χ3n) is 3.73. The van der Waals surface area contributed by atoms with Crippen LogP contribution in [0.2, 0.25) is 0 Å². The minimum Gasteiger partial charge on any atom is -0.317 e. The summed E-state index contributed by atoms with van der Waals surface area (Å²) < 4.78 is 15.6. The highest BCUT2D eigenvalue weighted by Crippen LogP contribution is 2.20. The van der Waals surface area contributed by atoms with Gasteiger partial charge in [-0.2, -0.15) is 5.10 Å². The summed E-state index contributed by atoms with van der Waals surface area (Å²) in [5, 5.41) is 7.92. The Hall–Kier alpha value is -1.68. The zero-order valence-corrected chi connectivity index (χ0v) is 13.1. The van der Waals surface area contributed by atoms with Gasteiger partial charge in [-0.3, -0.25) is 0 Å². The van der Waals surface area contributed by atoms with Gasteiger partial charge in [0.15, 0.2) is 0 Å². The number of aromatic nitrogens is 2. The van der Waals surface area contributed by atoms with Crippen LogP contribution in [0.25, 0.3) is 5.69 Å². The standard InChI is InChI=1S/C17H24FN3/c1-4-11-19-12-7-8-15-13(2)20-21(14(15)3)17-10-6-5-9-16(17)18/h5-6,9-10,19H,4,7-8,11-12H2,1-3H3. The van der Waals surface area contributed by atoms with E-state index in [0.29, 0.717) is 5.69 Å². The number of halogens is 1. The molecule has 1 aromatic carbocycles. The molecule has 2 rings (SSSR count). The second-order valence-corrected chi connectivity index (χ2v) is 5.37. The summed E-state index contributed by atoms with van der Waals surface area (Å²) in [6, 6.07) is 6.77. The van der Waals surface area contributed by atoms with Crippen LogP contribution < -0.4 is 5.32 Å². The SMILES string of the molecule is CCCNCCCc1c(C)nn(-c2ccccc2F)c1C. The zero-order chi connectivity index (χ0) is 15.2. The molecule has 21 heavy (non-hydrogen) atoms. The van der Waals surface area contributed by atoms with Gasteiger partial charge >= 0.3 is 0 Å². The normalized spacial score (nSPS) is 11.0. The lowest BCUT2D eigenvalue weighted by atomic mass is 10.1. The molecule has 0 aliphatic carbocycles. The van der Waals surface area contributed by atoms with E-state index in [1.807, 2.05) is 19.9 Å². The third-order valence-corrected chi connectivity index (χ3v) is 3.73. The molecule has 0 spiro atoms. The second kappa shape index (κ2) is 7.36. The molecule has 1 N–H and O–H groups in total.